The van der Waals surface area contributed by atoms with Crippen LogP contribution in [0.1, 0.15) is 42.4 Å². The largest absolute Gasteiger partial charge is 0.497 e. The van der Waals surface area contributed by atoms with Gasteiger partial charge in [-0.15, -0.1) is 0 Å². The number of methoxy groups -OCH3 is 3. The predicted molar refractivity (Wildman–Crippen MR) is 123 cm³/mol. The molecule has 1 aliphatic rings. The molecule has 164 valence electrons. The lowest BCUT2D eigenvalue weighted by Gasteiger charge is -2.19. The third kappa shape index (κ3) is 6.15. The van der Waals surface area contributed by atoms with Crippen LogP contribution in [-0.4, -0.2) is 46.4 Å². The zero-order valence-electron chi connectivity index (χ0n) is 19.1. The maximum Gasteiger partial charge on any atom is 0.161 e. The Morgan fingerprint density at radius 2 is 1.43 bits per heavy atom. The molecule has 0 spiro atoms. The van der Waals surface area contributed by atoms with Crippen molar-refractivity contribution in [3.63, 3.8) is 0 Å². The van der Waals surface area contributed by atoms with Gasteiger partial charge in [-0.3, -0.25) is 0 Å². The Hall–Kier alpha value is -2.20. The Bertz CT molecular complexity index is 753. The van der Waals surface area contributed by atoms with Crippen LogP contribution in [0.25, 0.3) is 0 Å². The molecule has 0 saturated carbocycles. The summed E-state index contributed by atoms with van der Waals surface area (Å²) in [5.41, 5.74) is 4.24. The summed E-state index contributed by atoms with van der Waals surface area (Å²) in [5, 5.41) is 0. The first-order chi connectivity index (χ1) is 14.6. The van der Waals surface area contributed by atoms with E-state index in [1.807, 2.05) is 12.1 Å². The van der Waals surface area contributed by atoms with Gasteiger partial charge in [0.05, 0.1) is 21.3 Å². The number of hydrogen-bond donors (Lipinski definition) is 0. The SMILES string of the molecule is COc1ccc(CCN(C)CCCC2CCc3cc(OC)c(OC)cc3CC2)cc1. The van der Waals surface area contributed by atoms with Crippen LogP contribution in [0, 0.1) is 5.92 Å². The second kappa shape index (κ2) is 11.3. The molecule has 0 saturated heterocycles. The van der Waals surface area contributed by atoms with Crippen LogP contribution in [0.3, 0.4) is 0 Å². The van der Waals surface area contributed by atoms with Crippen LogP contribution < -0.4 is 14.2 Å². The van der Waals surface area contributed by atoms with Crippen molar-refractivity contribution < 1.29 is 14.2 Å². The van der Waals surface area contributed by atoms with Crippen LogP contribution in [-0.2, 0) is 19.3 Å². The van der Waals surface area contributed by atoms with Gasteiger partial charge in [0.1, 0.15) is 5.75 Å². The molecular formula is C26H37NO3. The van der Waals surface area contributed by atoms with Gasteiger partial charge in [0, 0.05) is 6.54 Å². The van der Waals surface area contributed by atoms with E-state index in [0.29, 0.717) is 0 Å². The number of fused-ring (bicyclic) bond motifs is 1. The normalized spacial score (nSPS) is 14.3. The first kappa shape index (κ1) is 22.5. The monoisotopic (exact) mass is 411 g/mol. The van der Waals surface area contributed by atoms with E-state index in [1.54, 1.807) is 21.3 Å². The fourth-order valence-corrected chi connectivity index (χ4v) is 4.45. The molecule has 4 heteroatoms. The van der Waals surface area contributed by atoms with Gasteiger partial charge < -0.3 is 19.1 Å². The van der Waals surface area contributed by atoms with E-state index in [0.717, 1.165) is 49.0 Å². The van der Waals surface area contributed by atoms with Gasteiger partial charge in [0.25, 0.3) is 0 Å². The second-order valence-corrected chi connectivity index (χ2v) is 8.46. The van der Waals surface area contributed by atoms with Gasteiger partial charge >= 0.3 is 0 Å². The van der Waals surface area contributed by atoms with Gasteiger partial charge in [-0.25, -0.2) is 0 Å². The molecule has 0 aromatic heterocycles. The lowest BCUT2D eigenvalue weighted by atomic mass is 9.94. The minimum absolute atomic E-state index is 0.810. The third-order valence-electron chi connectivity index (χ3n) is 6.44. The standard InChI is InChI=1S/C26H37NO3/c1-27(17-15-21-9-13-24(28-2)14-10-21)16-5-6-20-7-11-22-18-25(29-3)26(30-4)19-23(22)12-8-20/h9-10,13-14,18-20H,5-8,11-12,15-17H2,1-4H3. The molecule has 3 rings (SSSR count). The minimum Gasteiger partial charge on any atom is -0.497 e. The zero-order chi connectivity index (χ0) is 21.3. The highest BCUT2D eigenvalue weighted by atomic mass is 16.5. The highest BCUT2D eigenvalue weighted by molar-refractivity contribution is 5.48. The van der Waals surface area contributed by atoms with Crippen molar-refractivity contribution in [3.8, 4) is 17.2 Å². The van der Waals surface area contributed by atoms with Crippen molar-refractivity contribution in [2.45, 2.75) is 44.9 Å². The topological polar surface area (TPSA) is 30.9 Å². The maximum atomic E-state index is 5.49. The van der Waals surface area contributed by atoms with E-state index < -0.39 is 0 Å². The Morgan fingerprint density at radius 3 is 1.97 bits per heavy atom. The summed E-state index contributed by atoms with van der Waals surface area (Å²) in [6.45, 7) is 2.27. The highest BCUT2D eigenvalue weighted by Crippen LogP contribution is 2.35. The smallest absolute Gasteiger partial charge is 0.161 e. The Balaban J connectivity index is 1.40. The highest BCUT2D eigenvalue weighted by Gasteiger charge is 2.19. The summed E-state index contributed by atoms with van der Waals surface area (Å²) in [6.07, 6.45) is 8.52. The van der Waals surface area contributed by atoms with E-state index in [4.69, 9.17) is 14.2 Å². The number of rotatable bonds is 10. The lowest BCUT2D eigenvalue weighted by Crippen LogP contribution is -2.23. The van der Waals surface area contributed by atoms with Crippen LogP contribution >= 0.6 is 0 Å². The quantitative estimate of drug-likeness (QED) is 0.505. The summed E-state index contributed by atoms with van der Waals surface area (Å²) < 4.78 is 16.2. The second-order valence-electron chi connectivity index (χ2n) is 8.46. The van der Waals surface area contributed by atoms with E-state index in [-0.39, 0.29) is 0 Å². The van der Waals surface area contributed by atoms with E-state index in [9.17, 15) is 0 Å². The Kier molecular flexibility index (Phi) is 8.44. The van der Waals surface area contributed by atoms with Gasteiger partial charge in [-0.2, -0.15) is 0 Å². The summed E-state index contributed by atoms with van der Waals surface area (Å²) in [6, 6.07) is 12.8. The van der Waals surface area contributed by atoms with E-state index in [2.05, 4.69) is 36.2 Å². The number of aryl methyl sites for hydroxylation is 2. The van der Waals surface area contributed by atoms with Gasteiger partial charge in [0.15, 0.2) is 11.5 Å². The molecule has 0 N–H and O–H groups in total. The fourth-order valence-electron chi connectivity index (χ4n) is 4.45. The molecule has 2 aromatic carbocycles. The summed E-state index contributed by atoms with van der Waals surface area (Å²) >= 11 is 0. The fraction of sp³-hybridized carbons (Fsp3) is 0.538. The number of ether oxygens (including phenoxy) is 3. The summed E-state index contributed by atoms with van der Waals surface area (Å²) in [4.78, 5) is 2.46. The van der Waals surface area contributed by atoms with Crippen molar-refractivity contribution in [2.24, 2.45) is 5.92 Å². The van der Waals surface area contributed by atoms with Gasteiger partial charge in [0.2, 0.25) is 0 Å². The zero-order valence-corrected chi connectivity index (χ0v) is 19.1. The van der Waals surface area contributed by atoms with Crippen molar-refractivity contribution in [3.05, 3.63) is 53.1 Å². The van der Waals surface area contributed by atoms with Crippen molar-refractivity contribution >= 4 is 0 Å². The Morgan fingerprint density at radius 1 is 0.833 bits per heavy atom. The van der Waals surface area contributed by atoms with Crippen molar-refractivity contribution in [2.75, 3.05) is 41.5 Å². The number of nitrogens with zero attached hydrogens (tertiary/aromatic N) is 1. The average molecular weight is 412 g/mol. The molecule has 0 radical (unpaired) electrons. The van der Waals surface area contributed by atoms with E-state index in [1.165, 1.54) is 48.9 Å². The van der Waals surface area contributed by atoms with E-state index >= 15 is 0 Å². The van der Waals surface area contributed by atoms with Crippen LogP contribution in [0.2, 0.25) is 0 Å². The molecule has 0 heterocycles. The Labute approximate surface area is 182 Å². The molecule has 30 heavy (non-hydrogen) atoms. The number of likely N-dealkylation sites (N-methyl/N-ethyl adjacent to an activating group) is 1. The summed E-state index contributed by atoms with van der Waals surface area (Å²) in [5.74, 6) is 3.44. The molecule has 1 aliphatic carbocycles. The molecule has 0 aliphatic heterocycles. The van der Waals surface area contributed by atoms with Crippen LogP contribution in [0.15, 0.2) is 36.4 Å². The first-order valence-corrected chi connectivity index (χ1v) is 11.2. The van der Waals surface area contributed by atoms with Crippen molar-refractivity contribution in [1.82, 2.24) is 4.90 Å². The molecule has 4 nitrogen and oxygen atoms in total. The molecule has 2 aromatic rings. The predicted octanol–water partition coefficient (Wildman–Crippen LogP) is 5.16. The molecule has 0 fully saturated rings. The maximum absolute atomic E-state index is 5.49. The van der Waals surface area contributed by atoms with Crippen LogP contribution in [0.4, 0.5) is 0 Å². The molecule has 0 bridgehead atoms. The molecule has 0 atom stereocenters. The average Bonchev–Trinajstić information content (AvgIpc) is 2.98. The van der Waals surface area contributed by atoms with Crippen LogP contribution in [0.5, 0.6) is 17.2 Å². The molecule has 0 unspecified atom stereocenters. The summed E-state index contributed by atoms with van der Waals surface area (Å²) in [7, 11) is 7.39. The van der Waals surface area contributed by atoms with Gasteiger partial charge in [-0.1, -0.05) is 12.1 Å². The number of benzene rings is 2. The molecular weight excluding hydrogens is 374 g/mol. The molecule has 0 amide bonds. The van der Waals surface area contributed by atoms with Crippen molar-refractivity contribution in [1.29, 1.82) is 0 Å². The first-order valence-electron chi connectivity index (χ1n) is 11.2. The lowest BCUT2D eigenvalue weighted by molar-refractivity contribution is 0.308. The van der Waals surface area contributed by atoms with Gasteiger partial charge in [-0.05, 0) is 105 Å². The number of hydrogen-bond acceptors (Lipinski definition) is 4. The minimum atomic E-state index is 0.810. The third-order valence-corrected chi connectivity index (χ3v) is 6.44.